The summed E-state index contributed by atoms with van der Waals surface area (Å²) in [6.45, 7) is 4.46. The van der Waals surface area contributed by atoms with E-state index in [1.54, 1.807) is 0 Å². The summed E-state index contributed by atoms with van der Waals surface area (Å²) in [6, 6.07) is 10.5. The number of nitrogens with zero attached hydrogens (tertiary/aromatic N) is 4. The molecule has 0 bridgehead atoms. The third-order valence-corrected chi connectivity index (χ3v) is 5.02. The van der Waals surface area contributed by atoms with Gasteiger partial charge in [-0.2, -0.15) is 5.10 Å². The Labute approximate surface area is 185 Å². The number of hydrogen-bond donors (Lipinski definition) is 1. The molecule has 1 fully saturated rings. The highest BCUT2D eigenvalue weighted by atomic mass is 127. The van der Waals surface area contributed by atoms with Crippen LogP contribution in [0.25, 0.3) is 0 Å². The van der Waals surface area contributed by atoms with Crippen LogP contribution in [-0.4, -0.2) is 60.5 Å². The van der Waals surface area contributed by atoms with Crippen LogP contribution in [0.1, 0.15) is 29.9 Å². The third-order valence-electron chi connectivity index (χ3n) is 5.02. The van der Waals surface area contributed by atoms with E-state index >= 15 is 0 Å². The second-order valence-electron chi connectivity index (χ2n) is 7.05. The number of likely N-dealkylation sites (tertiary alicyclic amines) is 1. The molecule has 1 unspecified atom stereocenters. The minimum Gasteiger partial charge on any atom is -0.381 e. The average molecular weight is 497 g/mol. The van der Waals surface area contributed by atoms with Crippen LogP contribution in [0, 0.1) is 0 Å². The van der Waals surface area contributed by atoms with Crippen LogP contribution in [0.5, 0.6) is 0 Å². The van der Waals surface area contributed by atoms with Gasteiger partial charge >= 0.3 is 0 Å². The van der Waals surface area contributed by atoms with Gasteiger partial charge in [0, 0.05) is 52.5 Å². The van der Waals surface area contributed by atoms with Crippen LogP contribution in [0.2, 0.25) is 0 Å². The highest BCUT2D eigenvalue weighted by molar-refractivity contribution is 14.0. The highest BCUT2D eigenvalue weighted by Gasteiger charge is 2.26. The number of ether oxygens (including phenoxy) is 1. The number of halogens is 1. The summed E-state index contributed by atoms with van der Waals surface area (Å²) in [5.74, 6) is 1.53. The van der Waals surface area contributed by atoms with Crippen molar-refractivity contribution < 1.29 is 4.74 Å². The molecular weight excluding hydrogens is 465 g/mol. The van der Waals surface area contributed by atoms with Crippen LogP contribution in [0.3, 0.4) is 0 Å². The topological polar surface area (TPSA) is 54.7 Å². The molecule has 28 heavy (non-hydrogen) atoms. The van der Waals surface area contributed by atoms with Crippen LogP contribution in [0.4, 0.5) is 0 Å². The zero-order valence-electron chi connectivity index (χ0n) is 16.9. The molecule has 1 aliphatic heterocycles. The summed E-state index contributed by atoms with van der Waals surface area (Å²) in [4.78, 5) is 6.79. The lowest BCUT2D eigenvalue weighted by Gasteiger charge is -2.21. The summed E-state index contributed by atoms with van der Waals surface area (Å²) in [7, 11) is 3.83. The van der Waals surface area contributed by atoms with Crippen LogP contribution in [-0.2, 0) is 18.2 Å². The smallest absolute Gasteiger partial charge is 0.193 e. The molecule has 1 aliphatic rings. The van der Waals surface area contributed by atoms with E-state index in [1.807, 2.05) is 31.0 Å². The van der Waals surface area contributed by atoms with Crippen molar-refractivity contribution in [2.75, 3.05) is 39.9 Å². The van der Waals surface area contributed by atoms with E-state index in [9.17, 15) is 0 Å². The average Bonchev–Trinajstić information content (AvgIpc) is 3.34. The fourth-order valence-electron chi connectivity index (χ4n) is 3.52. The first-order chi connectivity index (χ1) is 13.3. The van der Waals surface area contributed by atoms with Crippen LogP contribution in [0.15, 0.2) is 47.7 Å². The Morgan fingerprint density at radius 2 is 2.11 bits per heavy atom. The van der Waals surface area contributed by atoms with Crippen molar-refractivity contribution in [3.8, 4) is 0 Å². The number of benzene rings is 1. The van der Waals surface area contributed by atoms with Gasteiger partial charge in [-0.25, -0.2) is 0 Å². The zero-order chi connectivity index (χ0) is 18.9. The second-order valence-corrected chi connectivity index (χ2v) is 7.05. The van der Waals surface area contributed by atoms with Gasteiger partial charge in [-0.05, 0) is 30.4 Å². The fourth-order valence-corrected chi connectivity index (χ4v) is 3.52. The largest absolute Gasteiger partial charge is 0.381 e. The normalized spacial score (nSPS) is 16.9. The van der Waals surface area contributed by atoms with Gasteiger partial charge in [0.05, 0.1) is 12.8 Å². The van der Waals surface area contributed by atoms with Crippen molar-refractivity contribution in [1.29, 1.82) is 0 Å². The molecule has 0 spiro atoms. The molecular formula is C21H32IN5O. The number of hydrogen-bond acceptors (Lipinski definition) is 3. The molecule has 1 N–H and O–H groups in total. The van der Waals surface area contributed by atoms with E-state index in [4.69, 9.17) is 4.74 Å². The van der Waals surface area contributed by atoms with Crippen molar-refractivity contribution >= 4 is 29.9 Å². The molecule has 1 aromatic heterocycles. The van der Waals surface area contributed by atoms with Gasteiger partial charge in [0.2, 0.25) is 0 Å². The maximum Gasteiger partial charge on any atom is 0.193 e. The standard InChI is InChI=1S/C21H31N5O.HI/c1-22-21(26-12-9-19(17-26)20-15-24-25(2)16-20)23-11-6-13-27-14-10-18-7-4-3-5-8-18;/h3-5,7-8,15-16,19H,6,9-14,17H2,1-2H3,(H,22,23);1H. The Balaban J connectivity index is 0.00000280. The Bertz CT molecular complexity index is 719. The summed E-state index contributed by atoms with van der Waals surface area (Å²) < 4.78 is 7.63. The zero-order valence-corrected chi connectivity index (χ0v) is 19.2. The molecule has 1 saturated heterocycles. The van der Waals surface area contributed by atoms with Crippen molar-refractivity contribution in [2.45, 2.75) is 25.2 Å². The van der Waals surface area contributed by atoms with Gasteiger partial charge < -0.3 is 15.0 Å². The number of aryl methyl sites for hydroxylation is 1. The fraction of sp³-hybridized carbons (Fsp3) is 0.524. The lowest BCUT2D eigenvalue weighted by Crippen LogP contribution is -2.40. The van der Waals surface area contributed by atoms with E-state index in [2.05, 4.69) is 50.8 Å². The Morgan fingerprint density at radius 1 is 1.29 bits per heavy atom. The van der Waals surface area contributed by atoms with Crippen LogP contribution >= 0.6 is 24.0 Å². The predicted molar refractivity (Wildman–Crippen MR) is 124 cm³/mol. The summed E-state index contributed by atoms with van der Waals surface area (Å²) >= 11 is 0. The molecule has 1 atom stereocenters. The lowest BCUT2D eigenvalue weighted by atomic mass is 10.0. The molecule has 0 aliphatic carbocycles. The van der Waals surface area contributed by atoms with E-state index < -0.39 is 0 Å². The Hall–Kier alpha value is -1.61. The first-order valence-electron chi connectivity index (χ1n) is 9.82. The molecule has 3 rings (SSSR count). The summed E-state index contributed by atoms with van der Waals surface area (Å²) in [6.07, 6.45) is 7.20. The van der Waals surface area contributed by atoms with Crippen molar-refractivity contribution in [3.05, 3.63) is 53.9 Å². The van der Waals surface area contributed by atoms with Gasteiger partial charge in [-0.15, -0.1) is 24.0 Å². The van der Waals surface area contributed by atoms with Gasteiger partial charge in [0.1, 0.15) is 0 Å². The number of aromatic nitrogens is 2. The summed E-state index contributed by atoms with van der Waals surface area (Å²) in [5.41, 5.74) is 2.65. The van der Waals surface area contributed by atoms with Crippen molar-refractivity contribution in [2.24, 2.45) is 12.0 Å². The first-order valence-corrected chi connectivity index (χ1v) is 9.82. The van der Waals surface area contributed by atoms with Crippen molar-refractivity contribution in [3.63, 3.8) is 0 Å². The molecule has 1 aromatic carbocycles. The monoisotopic (exact) mass is 497 g/mol. The number of aliphatic imine (C=N–C) groups is 1. The van der Waals surface area contributed by atoms with E-state index in [0.29, 0.717) is 5.92 Å². The maximum atomic E-state index is 5.75. The molecule has 7 heteroatoms. The number of rotatable bonds is 8. The molecule has 6 nitrogen and oxygen atoms in total. The predicted octanol–water partition coefficient (Wildman–Crippen LogP) is 3.05. The van der Waals surface area contributed by atoms with Gasteiger partial charge in [-0.3, -0.25) is 9.67 Å². The summed E-state index contributed by atoms with van der Waals surface area (Å²) in [5, 5.41) is 7.77. The van der Waals surface area contributed by atoms with Gasteiger partial charge in [0.15, 0.2) is 5.96 Å². The Kier molecular flexibility index (Phi) is 9.77. The molecule has 0 saturated carbocycles. The minimum absolute atomic E-state index is 0. The quantitative estimate of drug-likeness (QED) is 0.264. The van der Waals surface area contributed by atoms with Crippen LogP contribution < -0.4 is 5.32 Å². The number of nitrogens with one attached hydrogen (secondary N) is 1. The first kappa shape index (κ1) is 22.7. The minimum atomic E-state index is 0. The van der Waals surface area contributed by atoms with E-state index in [1.165, 1.54) is 11.1 Å². The SMILES string of the molecule is CN=C(NCCCOCCc1ccccc1)N1CCC(c2cnn(C)c2)C1.I. The Morgan fingerprint density at radius 3 is 2.82 bits per heavy atom. The van der Waals surface area contributed by atoms with Gasteiger partial charge in [-0.1, -0.05) is 30.3 Å². The van der Waals surface area contributed by atoms with Gasteiger partial charge in [0.25, 0.3) is 0 Å². The second kappa shape index (κ2) is 12.1. The van der Waals surface area contributed by atoms with E-state index in [-0.39, 0.29) is 24.0 Å². The maximum absolute atomic E-state index is 5.75. The van der Waals surface area contributed by atoms with E-state index in [0.717, 1.165) is 58.1 Å². The van der Waals surface area contributed by atoms with Crippen molar-refractivity contribution in [1.82, 2.24) is 20.0 Å². The molecule has 154 valence electrons. The molecule has 0 amide bonds. The lowest BCUT2D eigenvalue weighted by molar-refractivity contribution is 0.135. The number of guanidine groups is 1. The third kappa shape index (κ3) is 6.77. The molecule has 2 aromatic rings. The molecule has 2 heterocycles. The molecule has 0 radical (unpaired) electrons. The highest BCUT2D eigenvalue weighted by Crippen LogP contribution is 2.26.